The van der Waals surface area contributed by atoms with E-state index in [1.54, 1.807) is 0 Å². The van der Waals surface area contributed by atoms with Crippen molar-refractivity contribution in [2.45, 2.75) is 116 Å². The van der Waals surface area contributed by atoms with Gasteiger partial charge in [-0.3, -0.25) is 0 Å². The van der Waals surface area contributed by atoms with E-state index in [0.29, 0.717) is 25.7 Å². The van der Waals surface area contributed by atoms with E-state index in [1.807, 2.05) is 12.1 Å². The van der Waals surface area contributed by atoms with E-state index in [9.17, 15) is 5.11 Å². The average Bonchev–Trinajstić information content (AvgIpc) is 2.85. The molecule has 0 radical (unpaired) electrons. The summed E-state index contributed by atoms with van der Waals surface area (Å²) in [5.74, 6) is 0.906. The number of rotatable bonds is 19. The molecule has 33 heavy (non-hydrogen) atoms. The van der Waals surface area contributed by atoms with Crippen LogP contribution in [-0.4, -0.2) is 49.9 Å². The molecule has 5 heteroatoms. The van der Waals surface area contributed by atoms with Gasteiger partial charge in [-0.25, -0.2) is 0 Å². The molecular formula is C28H49NO4. The monoisotopic (exact) mass is 463 g/mol. The quantitative estimate of drug-likeness (QED) is 0.246. The van der Waals surface area contributed by atoms with E-state index >= 15 is 0 Å². The molecule has 0 amide bonds. The Bertz CT molecular complexity index is 591. The van der Waals surface area contributed by atoms with E-state index in [4.69, 9.17) is 14.2 Å². The minimum absolute atomic E-state index is 0.0464. The number of benzene rings is 1. The van der Waals surface area contributed by atoms with Gasteiger partial charge in [-0.05, 0) is 63.1 Å². The Kier molecular flexibility index (Phi) is 15.5. The molecular weight excluding hydrogens is 414 g/mol. The molecule has 3 unspecified atom stereocenters. The van der Waals surface area contributed by atoms with Crippen molar-refractivity contribution in [2.75, 3.05) is 26.4 Å². The molecule has 1 aliphatic rings. The first kappa shape index (κ1) is 28.1. The van der Waals surface area contributed by atoms with Gasteiger partial charge in [0.2, 0.25) is 0 Å². The topological polar surface area (TPSA) is 60.0 Å². The second kappa shape index (κ2) is 18.2. The number of aryl methyl sites for hydroxylation is 1. The van der Waals surface area contributed by atoms with E-state index in [2.05, 4.69) is 31.3 Å². The largest absolute Gasteiger partial charge is 0.491 e. The number of hydrogen-bond acceptors (Lipinski definition) is 5. The maximum atomic E-state index is 10.5. The van der Waals surface area contributed by atoms with Gasteiger partial charge >= 0.3 is 0 Å². The van der Waals surface area contributed by atoms with Crippen LogP contribution in [0.25, 0.3) is 0 Å². The molecule has 0 bridgehead atoms. The molecule has 0 saturated carbocycles. The molecule has 1 fully saturated rings. The van der Waals surface area contributed by atoms with Crippen molar-refractivity contribution in [3.63, 3.8) is 0 Å². The fraction of sp³-hybridized carbons (Fsp3) is 0.786. The average molecular weight is 464 g/mol. The van der Waals surface area contributed by atoms with Crippen molar-refractivity contribution in [1.29, 1.82) is 0 Å². The molecule has 0 spiro atoms. The van der Waals surface area contributed by atoms with Crippen molar-refractivity contribution >= 4 is 0 Å². The van der Waals surface area contributed by atoms with Crippen LogP contribution in [0.3, 0.4) is 0 Å². The first-order valence-corrected chi connectivity index (χ1v) is 13.6. The van der Waals surface area contributed by atoms with Gasteiger partial charge in [0, 0.05) is 12.6 Å². The Hall–Kier alpha value is -1.14. The second-order valence-corrected chi connectivity index (χ2v) is 9.45. The Balaban J connectivity index is 1.70. The molecule has 1 aliphatic heterocycles. The smallest absolute Gasteiger partial charge is 0.157 e. The van der Waals surface area contributed by atoms with Crippen LogP contribution >= 0.6 is 0 Å². The van der Waals surface area contributed by atoms with Crippen LogP contribution in [0.5, 0.6) is 5.75 Å². The first-order chi connectivity index (χ1) is 16.2. The Morgan fingerprint density at radius 3 is 2.61 bits per heavy atom. The summed E-state index contributed by atoms with van der Waals surface area (Å²) in [6.45, 7) is 7.03. The van der Waals surface area contributed by atoms with Crippen LogP contribution < -0.4 is 10.1 Å². The highest BCUT2D eigenvalue weighted by atomic mass is 16.7. The van der Waals surface area contributed by atoms with Crippen LogP contribution in [0.4, 0.5) is 0 Å². The van der Waals surface area contributed by atoms with Gasteiger partial charge in [-0.1, -0.05) is 70.6 Å². The van der Waals surface area contributed by atoms with Crippen molar-refractivity contribution in [1.82, 2.24) is 5.32 Å². The summed E-state index contributed by atoms with van der Waals surface area (Å²) in [6.07, 6.45) is 14.3. The summed E-state index contributed by atoms with van der Waals surface area (Å²) in [4.78, 5) is 0. The van der Waals surface area contributed by atoms with E-state index in [0.717, 1.165) is 51.0 Å². The molecule has 2 N–H and O–H groups in total. The Morgan fingerprint density at radius 1 is 1.00 bits per heavy atom. The van der Waals surface area contributed by atoms with E-state index in [1.165, 1.54) is 50.5 Å². The zero-order chi connectivity index (χ0) is 23.6. The SMILES string of the molecule is CCCCCCCC(COC1CCCCO1)NCCC(O)COc1ccccc1CCCC. The van der Waals surface area contributed by atoms with Crippen LogP contribution in [0.1, 0.15) is 96.5 Å². The summed E-state index contributed by atoms with van der Waals surface area (Å²) >= 11 is 0. The molecule has 1 aromatic rings. The molecule has 3 atom stereocenters. The second-order valence-electron chi connectivity index (χ2n) is 9.45. The van der Waals surface area contributed by atoms with Gasteiger partial charge in [-0.2, -0.15) is 0 Å². The lowest BCUT2D eigenvalue weighted by Crippen LogP contribution is -2.38. The number of ether oxygens (including phenoxy) is 3. The highest BCUT2D eigenvalue weighted by molar-refractivity contribution is 5.33. The number of para-hydroxylation sites is 1. The van der Waals surface area contributed by atoms with Crippen molar-refractivity contribution in [3.8, 4) is 5.75 Å². The molecule has 1 aromatic carbocycles. The van der Waals surface area contributed by atoms with Gasteiger partial charge in [0.25, 0.3) is 0 Å². The first-order valence-electron chi connectivity index (χ1n) is 13.6. The molecule has 2 rings (SSSR count). The molecule has 5 nitrogen and oxygen atoms in total. The van der Waals surface area contributed by atoms with Crippen molar-refractivity contribution < 1.29 is 19.3 Å². The summed E-state index contributed by atoms with van der Waals surface area (Å²) < 4.78 is 17.8. The van der Waals surface area contributed by atoms with E-state index in [-0.39, 0.29) is 6.29 Å². The van der Waals surface area contributed by atoms with E-state index < -0.39 is 6.10 Å². The van der Waals surface area contributed by atoms with Gasteiger partial charge < -0.3 is 24.6 Å². The lowest BCUT2D eigenvalue weighted by Gasteiger charge is -2.26. The molecule has 0 aromatic heterocycles. The fourth-order valence-electron chi connectivity index (χ4n) is 4.25. The van der Waals surface area contributed by atoms with Crippen LogP contribution in [-0.2, 0) is 15.9 Å². The standard InChI is InChI=1S/C28H49NO4/c1-3-5-7-8-9-16-25(22-33-28-18-12-13-21-31-28)29-20-19-26(30)23-32-27-17-11-10-15-24(27)14-6-4-2/h10-11,15,17,25-26,28-30H,3-9,12-14,16,18-23H2,1-2H3. The van der Waals surface area contributed by atoms with Crippen LogP contribution in [0, 0.1) is 0 Å². The number of nitrogens with one attached hydrogen (secondary N) is 1. The van der Waals surface area contributed by atoms with Gasteiger partial charge in [0.15, 0.2) is 6.29 Å². The predicted molar refractivity (Wildman–Crippen MR) is 136 cm³/mol. The van der Waals surface area contributed by atoms with Gasteiger partial charge in [0.05, 0.1) is 12.7 Å². The normalized spacial score (nSPS) is 18.2. The third-order valence-corrected chi connectivity index (χ3v) is 6.39. The summed E-state index contributed by atoms with van der Waals surface area (Å²) in [7, 11) is 0. The maximum absolute atomic E-state index is 10.5. The molecule has 190 valence electrons. The summed E-state index contributed by atoms with van der Waals surface area (Å²) in [5.41, 5.74) is 1.23. The Morgan fingerprint density at radius 2 is 1.82 bits per heavy atom. The fourth-order valence-corrected chi connectivity index (χ4v) is 4.25. The minimum Gasteiger partial charge on any atom is -0.491 e. The zero-order valence-electron chi connectivity index (χ0n) is 21.2. The molecule has 1 heterocycles. The third kappa shape index (κ3) is 12.8. The summed E-state index contributed by atoms with van der Waals surface area (Å²) in [6, 6.07) is 8.50. The minimum atomic E-state index is -0.482. The maximum Gasteiger partial charge on any atom is 0.157 e. The number of hydrogen-bond donors (Lipinski definition) is 2. The third-order valence-electron chi connectivity index (χ3n) is 6.39. The van der Waals surface area contributed by atoms with Gasteiger partial charge in [-0.15, -0.1) is 0 Å². The number of aliphatic hydroxyl groups excluding tert-OH is 1. The van der Waals surface area contributed by atoms with Crippen molar-refractivity contribution in [2.24, 2.45) is 0 Å². The number of aliphatic hydroxyl groups is 1. The van der Waals surface area contributed by atoms with Crippen molar-refractivity contribution in [3.05, 3.63) is 29.8 Å². The highest BCUT2D eigenvalue weighted by Crippen LogP contribution is 2.20. The van der Waals surface area contributed by atoms with Gasteiger partial charge in [0.1, 0.15) is 12.4 Å². The lowest BCUT2D eigenvalue weighted by atomic mass is 10.1. The lowest BCUT2D eigenvalue weighted by molar-refractivity contribution is -0.166. The highest BCUT2D eigenvalue weighted by Gasteiger charge is 2.17. The molecule has 0 aliphatic carbocycles. The predicted octanol–water partition coefficient (Wildman–Crippen LogP) is 6.02. The zero-order valence-corrected chi connectivity index (χ0v) is 21.2. The number of unbranched alkanes of at least 4 members (excludes halogenated alkanes) is 5. The van der Waals surface area contributed by atoms with Crippen LogP contribution in [0.2, 0.25) is 0 Å². The van der Waals surface area contributed by atoms with Crippen LogP contribution in [0.15, 0.2) is 24.3 Å². The molecule has 1 saturated heterocycles. The summed E-state index contributed by atoms with van der Waals surface area (Å²) in [5, 5.41) is 14.1. The Labute approximate surface area is 202 Å².